The van der Waals surface area contributed by atoms with E-state index in [1.54, 1.807) is 7.11 Å². The molecule has 0 spiro atoms. The Hall–Kier alpha value is -1.26. The van der Waals surface area contributed by atoms with Gasteiger partial charge in [-0.1, -0.05) is 53.5 Å². The molecule has 2 atom stereocenters. The second-order valence-electron chi connectivity index (χ2n) is 9.34. The van der Waals surface area contributed by atoms with Crippen molar-refractivity contribution in [1.82, 2.24) is 0 Å². The number of aliphatic hydroxyl groups excluding tert-OH is 1. The fourth-order valence-corrected chi connectivity index (χ4v) is 3.63. The largest absolute Gasteiger partial charge is 0.493 e. The van der Waals surface area contributed by atoms with Gasteiger partial charge in [-0.3, -0.25) is 0 Å². The lowest BCUT2D eigenvalue weighted by atomic mass is 9.85. The van der Waals surface area contributed by atoms with E-state index in [0.717, 1.165) is 42.2 Å². The number of aliphatic hydroxyl groups is 1. The number of benzene rings is 1. The molecule has 0 bridgehead atoms. The summed E-state index contributed by atoms with van der Waals surface area (Å²) < 4.78 is 11.6. The highest BCUT2D eigenvalue weighted by Crippen LogP contribution is 2.30. The quantitative estimate of drug-likeness (QED) is 0.456. The van der Waals surface area contributed by atoms with Crippen LogP contribution in [-0.2, 0) is 6.42 Å². The van der Waals surface area contributed by atoms with Crippen LogP contribution in [0.2, 0.25) is 0 Å². The molecule has 162 valence electrons. The van der Waals surface area contributed by atoms with E-state index in [1.807, 2.05) is 12.1 Å². The normalized spacial score (nSPS) is 14.9. The molecule has 0 aliphatic heterocycles. The molecule has 0 saturated carbocycles. The van der Waals surface area contributed by atoms with Crippen LogP contribution >= 0.6 is 0 Å². The van der Waals surface area contributed by atoms with Crippen LogP contribution in [0.25, 0.3) is 0 Å². The number of methoxy groups -OCH3 is 1. The average molecular weight is 394 g/mol. The van der Waals surface area contributed by atoms with Gasteiger partial charge in [0, 0.05) is 5.54 Å². The van der Waals surface area contributed by atoms with Gasteiger partial charge in [0.25, 0.3) is 0 Å². The molecule has 0 saturated heterocycles. The van der Waals surface area contributed by atoms with Gasteiger partial charge in [0.2, 0.25) is 0 Å². The highest BCUT2D eigenvalue weighted by atomic mass is 16.5. The monoisotopic (exact) mass is 393 g/mol. The third-order valence-corrected chi connectivity index (χ3v) is 5.27. The Bertz CT molecular complexity index is 559. The Morgan fingerprint density at radius 1 is 1.04 bits per heavy atom. The van der Waals surface area contributed by atoms with E-state index >= 15 is 0 Å². The van der Waals surface area contributed by atoms with E-state index in [0.29, 0.717) is 18.4 Å². The summed E-state index contributed by atoms with van der Waals surface area (Å²) in [4.78, 5) is 0. The van der Waals surface area contributed by atoms with E-state index < -0.39 is 5.54 Å². The second-order valence-corrected chi connectivity index (χ2v) is 9.34. The SMILES string of the molecule is COc1cc(CCC(N)(CO)CC(C)C)ccc1OCC(C)CCCC(C)C. The topological polar surface area (TPSA) is 64.7 Å². The summed E-state index contributed by atoms with van der Waals surface area (Å²) >= 11 is 0. The van der Waals surface area contributed by atoms with Crippen LogP contribution in [0.1, 0.15) is 72.3 Å². The molecule has 2 unspecified atom stereocenters. The highest BCUT2D eigenvalue weighted by Gasteiger charge is 2.25. The van der Waals surface area contributed by atoms with Gasteiger partial charge in [0.1, 0.15) is 0 Å². The van der Waals surface area contributed by atoms with Gasteiger partial charge in [0.15, 0.2) is 11.5 Å². The van der Waals surface area contributed by atoms with Crippen molar-refractivity contribution in [1.29, 1.82) is 0 Å². The number of rotatable bonds is 14. The standard InChI is InChI=1S/C24H43NO3/c1-18(2)8-7-9-20(5)16-28-22-11-10-21(14-23(22)27-6)12-13-24(25,17-26)15-19(3)4/h10-11,14,18-20,26H,7-9,12-13,15-17,25H2,1-6H3. The minimum Gasteiger partial charge on any atom is -0.493 e. The van der Waals surface area contributed by atoms with Crippen molar-refractivity contribution < 1.29 is 14.6 Å². The summed E-state index contributed by atoms with van der Waals surface area (Å²) in [6, 6.07) is 6.11. The van der Waals surface area contributed by atoms with Gasteiger partial charge in [-0.05, 0) is 61.1 Å². The molecule has 1 rings (SSSR count). The number of nitrogens with two attached hydrogens (primary N) is 1. The van der Waals surface area contributed by atoms with Crippen LogP contribution in [0, 0.1) is 17.8 Å². The van der Waals surface area contributed by atoms with Crippen molar-refractivity contribution in [2.24, 2.45) is 23.5 Å². The zero-order chi connectivity index (χ0) is 21.2. The summed E-state index contributed by atoms with van der Waals surface area (Å²) in [5.74, 6) is 3.32. The molecule has 28 heavy (non-hydrogen) atoms. The fraction of sp³-hybridized carbons (Fsp3) is 0.750. The first kappa shape index (κ1) is 24.8. The van der Waals surface area contributed by atoms with Gasteiger partial charge in [-0.2, -0.15) is 0 Å². The predicted molar refractivity (Wildman–Crippen MR) is 118 cm³/mol. The van der Waals surface area contributed by atoms with Crippen LogP contribution in [0.15, 0.2) is 18.2 Å². The zero-order valence-corrected chi connectivity index (χ0v) is 19.0. The maximum absolute atomic E-state index is 9.70. The van der Waals surface area contributed by atoms with Gasteiger partial charge < -0.3 is 20.3 Å². The van der Waals surface area contributed by atoms with Crippen molar-refractivity contribution >= 4 is 0 Å². The van der Waals surface area contributed by atoms with Gasteiger partial charge >= 0.3 is 0 Å². The van der Waals surface area contributed by atoms with Crippen molar-refractivity contribution in [2.75, 3.05) is 20.3 Å². The van der Waals surface area contributed by atoms with E-state index in [4.69, 9.17) is 15.2 Å². The molecule has 1 aromatic rings. The van der Waals surface area contributed by atoms with E-state index in [1.165, 1.54) is 19.3 Å². The Labute approximate surface area is 172 Å². The molecular weight excluding hydrogens is 350 g/mol. The molecule has 1 aromatic carbocycles. The minimum absolute atomic E-state index is 0.0121. The first-order valence-corrected chi connectivity index (χ1v) is 10.9. The van der Waals surface area contributed by atoms with Crippen molar-refractivity contribution in [2.45, 2.75) is 78.7 Å². The summed E-state index contributed by atoms with van der Waals surface area (Å²) in [6.45, 7) is 11.8. The molecule has 0 amide bonds. The lowest BCUT2D eigenvalue weighted by molar-refractivity contribution is 0.165. The molecule has 4 nitrogen and oxygen atoms in total. The Balaban J connectivity index is 2.61. The molecule has 3 N–H and O–H groups in total. The number of aryl methyl sites for hydroxylation is 1. The minimum atomic E-state index is -0.526. The van der Waals surface area contributed by atoms with Crippen LogP contribution in [0.3, 0.4) is 0 Å². The summed E-state index contributed by atoms with van der Waals surface area (Å²) in [6.07, 6.45) is 6.09. The number of ether oxygens (including phenoxy) is 2. The summed E-state index contributed by atoms with van der Waals surface area (Å²) in [5, 5.41) is 9.70. The third kappa shape index (κ3) is 9.29. The Morgan fingerprint density at radius 3 is 2.32 bits per heavy atom. The molecular formula is C24H43NO3. The van der Waals surface area contributed by atoms with E-state index in [2.05, 4.69) is 40.7 Å². The predicted octanol–water partition coefficient (Wildman–Crippen LogP) is 5.20. The van der Waals surface area contributed by atoms with E-state index in [-0.39, 0.29) is 6.61 Å². The Kier molecular flexibility index (Phi) is 10.9. The maximum Gasteiger partial charge on any atom is 0.161 e. The lowest BCUT2D eigenvalue weighted by Gasteiger charge is -2.29. The average Bonchev–Trinajstić information content (AvgIpc) is 2.64. The molecule has 0 aromatic heterocycles. The molecule has 4 heteroatoms. The summed E-state index contributed by atoms with van der Waals surface area (Å²) in [7, 11) is 1.68. The fourth-order valence-electron chi connectivity index (χ4n) is 3.63. The van der Waals surface area contributed by atoms with Gasteiger partial charge in [0.05, 0.1) is 20.3 Å². The van der Waals surface area contributed by atoms with Crippen molar-refractivity contribution in [3.05, 3.63) is 23.8 Å². The zero-order valence-electron chi connectivity index (χ0n) is 19.0. The lowest BCUT2D eigenvalue weighted by Crippen LogP contribution is -2.45. The summed E-state index contributed by atoms with van der Waals surface area (Å²) in [5.41, 5.74) is 7.01. The molecule has 0 heterocycles. The molecule has 0 aliphatic carbocycles. The molecule has 0 fully saturated rings. The number of hydrogen-bond acceptors (Lipinski definition) is 4. The van der Waals surface area contributed by atoms with E-state index in [9.17, 15) is 5.11 Å². The van der Waals surface area contributed by atoms with Crippen LogP contribution in [0.4, 0.5) is 0 Å². The van der Waals surface area contributed by atoms with Crippen molar-refractivity contribution in [3.63, 3.8) is 0 Å². The maximum atomic E-state index is 9.70. The van der Waals surface area contributed by atoms with Crippen LogP contribution in [0.5, 0.6) is 11.5 Å². The smallest absolute Gasteiger partial charge is 0.161 e. The second kappa shape index (κ2) is 12.3. The first-order valence-electron chi connectivity index (χ1n) is 10.9. The molecule has 0 radical (unpaired) electrons. The van der Waals surface area contributed by atoms with Crippen LogP contribution in [-0.4, -0.2) is 31.0 Å². The third-order valence-electron chi connectivity index (χ3n) is 5.27. The highest BCUT2D eigenvalue weighted by molar-refractivity contribution is 5.43. The van der Waals surface area contributed by atoms with Crippen LogP contribution < -0.4 is 15.2 Å². The first-order chi connectivity index (χ1) is 13.2. The number of hydrogen-bond donors (Lipinski definition) is 2. The van der Waals surface area contributed by atoms with Gasteiger partial charge in [-0.15, -0.1) is 0 Å². The van der Waals surface area contributed by atoms with Gasteiger partial charge in [-0.25, -0.2) is 0 Å². The van der Waals surface area contributed by atoms with Crippen molar-refractivity contribution in [3.8, 4) is 11.5 Å². The molecule has 0 aliphatic rings. The Morgan fingerprint density at radius 2 is 1.75 bits per heavy atom.